The highest BCUT2D eigenvalue weighted by molar-refractivity contribution is 5.98. The summed E-state index contributed by atoms with van der Waals surface area (Å²) in [7, 11) is 0. The fourth-order valence-electron chi connectivity index (χ4n) is 3.13. The van der Waals surface area contributed by atoms with Crippen molar-refractivity contribution in [1.29, 1.82) is 0 Å². The Morgan fingerprint density at radius 2 is 2.07 bits per heavy atom. The lowest BCUT2D eigenvalue weighted by Gasteiger charge is -2.30. The van der Waals surface area contributed by atoms with E-state index in [0.717, 1.165) is 24.8 Å². The Morgan fingerprint density at radius 1 is 1.28 bits per heavy atom. The van der Waals surface area contributed by atoms with Gasteiger partial charge in [-0.15, -0.1) is 0 Å². The Balaban J connectivity index is 1.75. The van der Waals surface area contributed by atoms with Crippen molar-refractivity contribution in [1.82, 2.24) is 10.3 Å². The van der Waals surface area contributed by atoms with Crippen molar-refractivity contribution in [3.05, 3.63) is 41.6 Å². The SMILES string of the molecule is CCCCCNC(=O)c1coc(CN2C(=O)COc3ccc(C(C)(C)C)cc32)n1. The monoisotopic (exact) mass is 399 g/mol. The van der Waals surface area contributed by atoms with E-state index < -0.39 is 0 Å². The van der Waals surface area contributed by atoms with Gasteiger partial charge in [-0.1, -0.05) is 46.6 Å². The molecule has 0 radical (unpaired) electrons. The molecule has 7 heteroatoms. The quantitative estimate of drug-likeness (QED) is 0.716. The van der Waals surface area contributed by atoms with Crippen LogP contribution in [-0.4, -0.2) is 29.9 Å². The lowest BCUT2D eigenvalue weighted by molar-refractivity contribution is -0.121. The van der Waals surface area contributed by atoms with Crippen LogP contribution in [0.25, 0.3) is 0 Å². The molecule has 29 heavy (non-hydrogen) atoms. The highest BCUT2D eigenvalue weighted by atomic mass is 16.5. The Morgan fingerprint density at radius 3 is 2.79 bits per heavy atom. The molecule has 0 fully saturated rings. The molecule has 2 aromatic rings. The van der Waals surface area contributed by atoms with E-state index in [-0.39, 0.29) is 36.1 Å². The van der Waals surface area contributed by atoms with Crippen LogP contribution in [0, 0.1) is 0 Å². The molecule has 0 spiro atoms. The van der Waals surface area contributed by atoms with Gasteiger partial charge in [0.1, 0.15) is 18.6 Å². The van der Waals surface area contributed by atoms with Gasteiger partial charge in [-0.3, -0.25) is 14.5 Å². The molecule has 1 aromatic heterocycles. The van der Waals surface area contributed by atoms with Gasteiger partial charge in [-0.2, -0.15) is 0 Å². The molecule has 0 unspecified atom stereocenters. The fourth-order valence-corrected chi connectivity index (χ4v) is 3.13. The second kappa shape index (κ2) is 8.68. The van der Waals surface area contributed by atoms with E-state index in [1.165, 1.54) is 6.26 Å². The number of nitrogens with zero attached hydrogens (tertiary/aromatic N) is 2. The lowest BCUT2D eigenvalue weighted by atomic mass is 9.86. The summed E-state index contributed by atoms with van der Waals surface area (Å²) in [5.74, 6) is 0.524. The molecule has 0 atom stereocenters. The molecule has 1 N–H and O–H groups in total. The maximum atomic E-state index is 12.5. The summed E-state index contributed by atoms with van der Waals surface area (Å²) in [5, 5.41) is 2.84. The van der Waals surface area contributed by atoms with Gasteiger partial charge in [0.15, 0.2) is 12.3 Å². The summed E-state index contributed by atoms with van der Waals surface area (Å²) in [6.45, 7) is 9.18. The summed E-state index contributed by atoms with van der Waals surface area (Å²) in [5.41, 5.74) is 1.95. The Hall–Kier alpha value is -2.83. The molecule has 3 rings (SSSR count). The highest BCUT2D eigenvalue weighted by Gasteiger charge is 2.29. The third-order valence-corrected chi connectivity index (χ3v) is 4.91. The van der Waals surface area contributed by atoms with Crippen molar-refractivity contribution >= 4 is 17.5 Å². The van der Waals surface area contributed by atoms with Crippen molar-refractivity contribution < 1.29 is 18.7 Å². The molecule has 0 bridgehead atoms. The lowest BCUT2D eigenvalue weighted by Crippen LogP contribution is -2.38. The zero-order valence-corrected chi connectivity index (χ0v) is 17.6. The molecular weight excluding hydrogens is 370 g/mol. The number of amides is 2. The predicted octanol–water partition coefficient (Wildman–Crippen LogP) is 3.82. The summed E-state index contributed by atoms with van der Waals surface area (Å²) in [4.78, 5) is 30.6. The molecule has 0 aliphatic carbocycles. The number of hydrogen-bond acceptors (Lipinski definition) is 5. The first-order chi connectivity index (χ1) is 13.8. The second-order valence-corrected chi connectivity index (χ2v) is 8.29. The minimum absolute atomic E-state index is 0.0344. The number of rotatable bonds is 7. The minimum Gasteiger partial charge on any atom is -0.482 e. The number of fused-ring (bicyclic) bond motifs is 1. The first kappa shape index (κ1) is 20.9. The molecule has 1 aliphatic rings. The zero-order chi connectivity index (χ0) is 21.0. The molecule has 0 saturated heterocycles. The predicted molar refractivity (Wildman–Crippen MR) is 110 cm³/mol. The number of oxazole rings is 1. The van der Waals surface area contributed by atoms with Crippen molar-refractivity contribution in [2.24, 2.45) is 0 Å². The number of carbonyl (C=O) groups is 2. The molecular formula is C22H29N3O4. The van der Waals surface area contributed by atoms with E-state index in [9.17, 15) is 9.59 Å². The first-order valence-electron chi connectivity index (χ1n) is 10.1. The summed E-state index contributed by atoms with van der Waals surface area (Å²) >= 11 is 0. The third-order valence-electron chi connectivity index (χ3n) is 4.91. The molecule has 0 saturated carbocycles. The average Bonchev–Trinajstić information content (AvgIpc) is 3.15. The van der Waals surface area contributed by atoms with Crippen LogP contribution in [0.2, 0.25) is 0 Å². The van der Waals surface area contributed by atoms with Crippen LogP contribution in [0.3, 0.4) is 0 Å². The van der Waals surface area contributed by atoms with Crippen LogP contribution in [0.1, 0.15) is 68.9 Å². The van der Waals surface area contributed by atoms with Gasteiger partial charge in [0, 0.05) is 6.54 Å². The Bertz CT molecular complexity index is 882. The van der Waals surface area contributed by atoms with Gasteiger partial charge in [0.2, 0.25) is 5.89 Å². The highest BCUT2D eigenvalue weighted by Crippen LogP contribution is 2.37. The first-order valence-corrected chi connectivity index (χ1v) is 10.1. The van der Waals surface area contributed by atoms with Crippen LogP contribution in [-0.2, 0) is 16.8 Å². The van der Waals surface area contributed by atoms with Crippen LogP contribution in [0.5, 0.6) is 5.75 Å². The maximum absolute atomic E-state index is 12.5. The van der Waals surface area contributed by atoms with Crippen molar-refractivity contribution in [2.45, 2.75) is 58.9 Å². The van der Waals surface area contributed by atoms with Crippen molar-refractivity contribution in [3.63, 3.8) is 0 Å². The molecule has 156 valence electrons. The number of benzene rings is 1. The number of carbonyl (C=O) groups excluding carboxylic acids is 2. The van der Waals surface area contributed by atoms with E-state index in [1.54, 1.807) is 4.90 Å². The van der Waals surface area contributed by atoms with Crippen LogP contribution in [0.15, 0.2) is 28.9 Å². The normalized spacial score (nSPS) is 13.8. The second-order valence-electron chi connectivity index (χ2n) is 8.29. The Kier molecular flexibility index (Phi) is 6.25. The topological polar surface area (TPSA) is 84.7 Å². The van der Waals surface area contributed by atoms with Crippen LogP contribution >= 0.6 is 0 Å². The van der Waals surface area contributed by atoms with E-state index in [1.807, 2.05) is 18.2 Å². The average molecular weight is 399 g/mol. The molecule has 2 heterocycles. The van der Waals surface area contributed by atoms with Gasteiger partial charge >= 0.3 is 0 Å². The minimum atomic E-state index is -0.264. The Labute approximate surface area is 171 Å². The van der Waals surface area contributed by atoms with Crippen LogP contribution < -0.4 is 15.0 Å². The fraction of sp³-hybridized carbons (Fsp3) is 0.500. The van der Waals surface area contributed by atoms with E-state index in [4.69, 9.17) is 9.15 Å². The molecule has 1 aliphatic heterocycles. The zero-order valence-electron chi connectivity index (χ0n) is 17.6. The standard InChI is InChI=1S/C22H29N3O4/c1-5-6-7-10-23-21(27)16-13-29-19(24-16)12-25-17-11-15(22(2,3)4)8-9-18(17)28-14-20(25)26/h8-9,11,13H,5-7,10,12,14H2,1-4H3,(H,23,27). The maximum Gasteiger partial charge on any atom is 0.273 e. The van der Waals surface area contributed by atoms with Gasteiger partial charge in [-0.05, 0) is 29.5 Å². The van der Waals surface area contributed by atoms with Gasteiger partial charge in [0.25, 0.3) is 11.8 Å². The number of unbranched alkanes of at least 4 members (excludes halogenated alkanes) is 2. The third kappa shape index (κ3) is 4.96. The van der Waals surface area contributed by atoms with Gasteiger partial charge < -0.3 is 14.5 Å². The molecule has 7 nitrogen and oxygen atoms in total. The number of hydrogen-bond donors (Lipinski definition) is 1. The number of aromatic nitrogens is 1. The van der Waals surface area contributed by atoms with Crippen LogP contribution in [0.4, 0.5) is 5.69 Å². The number of nitrogens with one attached hydrogen (secondary N) is 1. The largest absolute Gasteiger partial charge is 0.482 e. The van der Waals surface area contributed by atoms with Crippen molar-refractivity contribution in [3.8, 4) is 5.75 Å². The van der Waals surface area contributed by atoms with Crippen molar-refractivity contribution in [2.75, 3.05) is 18.1 Å². The van der Waals surface area contributed by atoms with Gasteiger partial charge in [-0.25, -0.2) is 4.98 Å². The van der Waals surface area contributed by atoms with E-state index >= 15 is 0 Å². The summed E-state index contributed by atoms with van der Waals surface area (Å²) in [6.07, 6.45) is 4.43. The summed E-state index contributed by atoms with van der Waals surface area (Å²) < 4.78 is 11.0. The molecule has 1 aromatic carbocycles. The summed E-state index contributed by atoms with van der Waals surface area (Å²) in [6, 6.07) is 5.87. The van der Waals surface area contributed by atoms with E-state index in [0.29, 0.717) is 23.9 Å². The number of ether oxygens (including phenoxy) is 1. The molecule has 2 amide bonds. The number of anilines is 1. The van der Waals surface area contributed by atoms with Gasteiger partial charge in [0.05, 0.1) is 5.69 Å². The smallest absolute Gasteiger partial charge is 0.273 e. The van der Waals surface area contributed by atoms with E-state index in [2.05, 4.69) is 38.0 Å².